The number of hydrogen-bond donors (Lipinski definition) is 3. The highest BCUT2D eigenvalue weighted by molar-refractivity contribution is 7.09. The Morgan fingerprint density at radius 1 is 1.29 bits per heavy atom. The van der Waals surface area contributed by atoms with Crippen LogP contribution in [0.3, 0.4) is 0 Å². The fourth-order valence-corrected chi connectivity index (χ4v) is 4.98. The van der Waals surface area contributed by atoms with Crippen LogP contribution >= 0.6 is 23.1 Å². The summed E-state index contributed by atoms with van der Waals surface area (Å²) in [6, 6.07) is 9.33. The van der Waals surface area contributed by atoms with Crippen LogP contribution in [0.2, 0.25) is 5.15 Å². The first kappa shape index (κ1) is 24.1. The average Bonchev–Trinajstić information content (AvgIpc) is 3.28. The first-order valence-corrected chi connectivity index (χ1v) is 11.9. The monoisotopic (exact) mass is 500 g/mol. The number of rotatable bonds is 7. The molecule has 0 atom stereocenters. The smallest absolute Gasteiger partial charge is 0.253 e. The van der Waals surface area contributed by atoms with Crippen LogP contribution in [0.1, 0.15) is 47.1 Å². The van der Waals surface area contributed by atoms with Gasteiger partial charge in [-0.15, -0.1) is 0 Å². The van der Waals surface area contributed by atoms with Crippen LogP contribution in [0, 0.1) is 0 Å². The van der Waals surface area contributed by atoms with E-state index in [9.17, 15) is 14.7 Å². The first-order chi connectivity index (χ1) is 16.3. The molecule has 4 rings (SSSR count). The highest BCUT2D eigenvalue weighted by Gasteiger charge is 2.53. The lowest BCUT2D eigenvalue weighted by Crippen LogP contribution is -2.65. The Hall–Kier alpha value is -3.08. The molecule has 2 aromatic heterocycles. The van der Waals surface area contributed by atoms with Crippen LogP contribution in [0.5, 0.6) is 0 Å². The van der Waals surface area contributed by atoms with E-state index in [1.165, 1.54) is 30.8 Å². The van der Waals surface area contributed by atoms with Gasteiger partial charge in [-0.05, 0) is 23.1 Å². The summed E-state index contributed by atoms with van der Waals surface area (Å²) in [6.07, 6.45) is 1.39. The van der Waals surface area contributed by atoms with Gasteiger partial charge in [0.15, 0.2) is 5.82 Å². The number of hydrogen-bond acceptors (Lipinski definition) is 8. The molecule has 1 aliphatic rings. The summed E-state index contributed by atoms with van der Waals surface area (Å²) in [5.41, 5.74) is 1.63. The molecular formula is C23H25ClN6O3S. The van der Waals surface area contributed by atoms with Crippen molar-refractivity contribution in [1.29, 1.82) is 0 Å². The van der Waals surface area contributed by atoms with Crippen molar-refractivity contribution in [2.45, 2.75) is 31.8 Å². The molecule has 3 aromatic rings. The van der Waals surface area contributed by atoms with Gasteiger partial charge in [0.2, 0.25) is 11.0 Å². The molecule has 178 valence electrons. The predicted octanol–water partition coefficient (Wildman–Crippen LogP) is 2.96. The topological polar surface area (TPSA) is 120 Å². The van der Waals surface area contributed by atoms with E-state index < -0.39 is 5.41 Å². The second-order valence-corrected chi connectivity index (χ2v) is 9.53. The number of aromatic nitrogens is 3. The molecule has 1 fully saturated rings. The van der Waals surface area contributed by atoms with Crippen molar-refractivity contribution < 1.29 is 14.7 Å². The van der Waals surface area contributed by atoms with Crippen molar-refractivity contribution in [2.24, 2.45) is 0 Å². The standard InChI is InChI=1S/C23H25ClN6O3S/c1-13(2)14-6-4-5-7-16(14)23(11-30(12-23)22-28-19(10-31)29-34-22)21(33)27-17-9-26-18(24)8-15(17)20(32)25-3/h4-9,13,31H,10-12H2,1-3H3,(H,25,32)(H,27,33). The van der Waals surface area contributed by atoms with Gasteiger partial charge in [0, 0.05) is 31.7 Å². The third-order valence-electron chi connectivity index (χ3n) is 5.91. The zero-order valence-corrected chi connectivity index (χ0v) is 20.6. The van der Waals surface area contributed by atoms with Gasteiger partial charge in [0.05, 0.1) is 17.4 Å². The summed E-state index contributed by atoms with van der Waals surface area (Å²) in [4.78, 5) is 36.6. The minimum absolute atomic E-state index is 0.155. The van der Waals surface area contributed by atoms with Crippen molar-refractivity contribution in [2.75, 3.05) is 30.4 Å². The molecule has 0 bridgehead atoms. The highest BCUT2D eigenvalue weighted by atomic mass is 35.5. The molecule has 1 aromatic carbocycles. The number of amides is 2. The average molecular weight is 501 g/mol. The third-order valence-corrected chi connectivity index (χ3v) is 6.94. The zero-order valence-electron chi connectivity index (χ0n) is 19.0. The fourth-order valence-electron chi connectivity index (χ4n) is 4.14. The Balaban J connectivity index is 1.72. The summed E-state index contributed by atoms with van der Waals surface area (Å²) >= 11 is 7.18. The minimum Gasteiger partial charge on any atom is -0.388 e. The number of carbonyl (C=O) groups excluding carboxylic acids is 2. The summed E-state index contributed by atoms with van der Waals surface area (Å²) in [5.74, 6) is -0.0713. The molecule has 0 aliphatic carbocycles. The Labute approximate surface area is 206 Å². The predicted molar refractivity (Wildman–Crippen MR) is 132 cm³/mol. The van der Waals surface area contributed by atoms with Crippen molar-refractivity contribution in [3.8, 4) is 0 Å². The second kappa shape index (κ2) is 9.65. The van der Waals surface area contributed by atoms with Crippen LogP contribution < -0.4 is 15.5 Å². The molecule has 34 heavy (non-hydrogen) atoms. The number of anilines is 2. The van der Waals surface area contributed by atoms with E-state index in [1.807, 2.05) is 29.2 Å². The van der Waals surface area contributed by atoms with Gasteiger partial charge in [-0.25, -0.2) is 9.97 Å². The van der Waals surface area contributed by atoms with Crippen LogP contribution in [0.4, 0.5) is 10.8 Å². The Kier molecular flexibility index (Phi) is 6.83. The molecule has 0 unspecified atom stereocenters. The largest absolute Gasteiger partial charge is 0.388 e. The van der Waals surface area contributed by atoms with E-state index in [-0.39, 0.29) is 40.7 Å². The lowest BCUT2D eigenvalue weighted by molar-refractivity contribution is -0.122. The molecule has 2 amide bonds. The van der Waals surface area contributed by atoms with Crippen LogP contribution in [-0.4, -0.2) is 51.4 Å². The third kappa shape index (κ3) is 4.36. The molecule has 3 N–H and O–H groups in total. The lowest BCUT2D eigenvalue weighted by atomic mass is 9.70. The van der Waals surface area contributed by atoms with Gasteiger partial charge >= 0.3 is 0 Å². The number of nitrogens with one attached hydrogen (secondary N) is 2. The Morgan fingerprint density at radius 3 is 2.68 bits per heavy atom. The first-order valence-electron chi connectivity index (χ1n) is 10.8. The van der Waals surface area contributed by atoms with Gasteiger partial charge in [-0.1, -0.05) is 49.7 Å². The van der Waals surface area contributed by atoms with Gasteiger partial charge in [-0.3, -0.25) is 9.59 Å². The maximum Gasteiger partial charge on any atom is 0.253 e. The molecule has 9 nitrogen and oxygen atoms in total. The zero-order chi connectivity index (χ0) is 24.5. The molecule has 11 heteroatoms. The number of aliphatic hydroxyl groups excluding tert-OH is 1. The number of nitrogens with zero attached hydrogens (tertiary/aromatic N) is 4. The van der Waals surface area contributed by atoms with Crippen LogP contribution in [0.15, 0.2) is 36.5 Å². The van der Waals surface area contributed by atoms with Crippen molar-refractivity contribution >= 4 is 45.8 Å². The number of benzene rings is 1. The van der Waals surface area contributed by atoms with Crippen LogP contribution in [0.25, 0.3) is 0 Å². The van der Waals surface area contributed by atoms with Gasteiger partial charge in [0.25, 0.3) is 5.91 Å². The fraction of sp³-hybridized carbons (Fsp3) is 0.348. The molecule has 1 aliphatic heterocycles. The maximum absolute atomic E-state index is 13.9. The molecule has 0 radical (unpaired) electrons. The molecule has 1 saturated heterocycles. The van der Waals surface area contributed by atoms with Gasteiger partial charge in [0.1, 0.15) is 17.2 Å². The van der Waals surface area contributed by atoms with Gasteiger partial charge < -0.3 is 20.6 Å². The van der Waals surface area contributed by atoms with E-state index in [1.54, 1.807) is 0 Å². The Morgan fingerprint density at radius 2 is 2.03 bits per heavy atom. The van der Waals surface area contributed by atoms with Crippen molar-refractivity contribution in [1.82, 2.24) is 19.7 Å². The van der Waals surface area contributed by atoms with E-state index in [4.69, 9.17) is 11.6 Å². The minimum atomic E-state index is -0.883. The number of aliphatic hydroxyl groups is 1. The second-order valence-electron chi connectivity index (χ2n) is 8.42. The van der Waals surface area contributed by atoms with E-state index >= 15 is 0 Å². The van der Waals surface area contributed by atoms with E-state index in [0.717, 1.165) is 11.1 Å². The molecular weight excluding hydrogens is 476 g/mol. The lowest BCUT2D eigenvalue weighted by Gasteiger charge is -2.49. The molecule has 0 saturated carbocycles. The molecule has 3 heterocycles. The molecule has 0 spiro atoms. The number of halogens is 1. The SMILES string of the molecule is CNC(=O)c1cc(Cl)ncc1NC(=O)C1(c2ccccc2C(C)C)CN(c2nc(CO)ns2)C1. The summed E-state index contributed by atoms with van der Waals surface area (Å²) in [5, 5.41) is 15.6. The van der Waals surface area contributed by atoms with E-state index in [2.05, 4.69) is 38.8 Å². The Bertz CT molecular complexity index is 1220. The maximum atomic E-state index is 13.9. The summed E-state index contributed by atoms with van der Waals surface area (Å²) in [7, 11) is 1.51. The van der Waals surface area contributed by atoms with Gasteiger partial charge in [-0.2, -0.15) is 4.37 Å². The van der Waals surface area contributed by atoms with E-state index in [0.29, 0.717) is 24.0 Å². The highest BCUT2D eigenvalue weighted by Crippen LogP contribution is 2.42. The van der Waals surface area contributed by atoms with Crippen molar-refractivity contribution in [3.63, 3.8) is 0 Å². The van der Waals surface area contributed by atoms with Crippen molar-refractivity contribution in [3.05, 3.63) is 64.2 Å². The quantitative estimate of drug-likeness (QED) is 0.426. The summed E-state index contributed by atoms with van der Waals surface area (Å²) in [6.45, 7) is 4.69. The normalized spacial score (nSPS) is 14.6. The number of carbonyl (C=O) groups is 2. The van der Waals surface area contributed by atoms with Crippen LogP contribution in [-0.2, 0) is 16.8 Å². The number of pyridine rings is 1. The summed E-state index contributed by atoms with van der Waals surface area (Å²) < 4.78 is 4.14.